The van der Waals surface area contributed by atoms with E-state index in [2.05, 4.69) is 15.5 Å². The van der Waals surface area contributed by atoms with E-state index in [1.54, 1.807) is 0 Å². The third kappa shape index (κ3) is 3.79. The molecule has 30 heavy (non-hydrogen) atoms. The van der Waals surface area contributed by atoms with Gasteiger partial charge in [-0.2, -0.15) is 0 Å². The van der Waals surface area contributed by atoms with E-state index >= 15 is 0 Å². The smallest absolute Gasteiger partial charge is 0.258 e. The monoisotopic (exact) mass is 437 g/mol. The lowest BCUT2D eigenvalue weighted by Gasteiger charge is -2.50. The second-order valence-electron chi connectivity index (χ2n) is 7.81. The molecule has 0 spiro atoms. The molecule has 0 unspecified atom stereocenters. The fraction of sp³-hybridized carbons (Fsp3) is 0.500. The molecule has 0 atom stereocenters. The number of halogens is 2. The first-order chi connectivity index (χ1) is 14.4. The molecule has 3 aliphatic carbocycles. The van der Waals surface area contributed by atoms with Crippen LogP contribution in [0.3, 0.4) is 0 Å². The molecule has 0 radical (unpaired) electrons. The average Bonchev–Trinajstić information content (AvgIpc) is 3.19. The lowest BCUT2D eigenvalue weighted by molar-refractivity contribution is -0.137. The molecule has 10 heteroatoms. The van der Waals surface area contributed by atoms with Gasteiger partial charge in [0.15, 0.2) is 12.4 Å². The molecule has 1 aromatic carbocycles. The first-order valence-electron chi connectivity index (χ1n) is 9.60. The van der Waals surface area contributed by atoms with Gasteiger partial charge in [0.1, 0.15) is 23.6 Å². The average molecular weight is 438 g/mol. The molecule has 2 bridgehead atoms. The number of Topliss-reactive ketones (excluding diaryl/α,β-unsaturated/α-hetero) is 1. The molecule has 8 nitrogen and oxygen atoms in total. The molecule has 1 N–H and O–H groups in total. The van der Waals surface area contributed by atoms with E-state index in [9.17, 15) is 14.0 Å². The van der Waals surface area contributed by atoms with E-state index in [-0.39, 0.29) is 42.1 Å². The number of nitrogens with one attached hydrogen (secondary N) is 1. The van der Waals surface area contributed by atoms with Gasteiger partial charge in [-0.05, 0) is 37.8 Å². The molecule has 160 valence electrons. The van der Waals surface area contributed by atoms with Gasteiger partial charge < -0.3 is 19.2 Å². The van der Waals surface area contributed by atoms with Crippen LogP contribution in [0.15, 0.2) is 22.6 Å². The van der Waals surface area contributed by atoms with Crippen molar-refractivity contribution < 1.29 is 27.9 Å². The Labute approximate surface area is 177 Å². The molecule has 2 aromatic rings. The van der Waals surface area contributed by atoms with Crippen LogP contribution in [0, 0.1) is 5.82 Å². The second kappa shape index (κ2) is 7.96. The van der Waals surface area contributed by atoms with Crippen molar-refractivity contribution in [1.29, 1.82) is 0 Å². The van der Waals surface area contributed by atoms with Gasteiger partial charge >= 0.3 is 0 Å². The normalized spacial score (nSPS) is 25.4. The minimum atomic E-state index is -0.789. The van der Waals surface area contributed by atoms with Gasteiger partial charge in [-0.1, -0.05) is 11.6 Å². The highest BCUT2D eigenvalue weighted by atomic mass is 35.5. The number of hydrogen-bond acceptors (Lipinski definition) is 7. The van der Waals surface area contributed by atoms with E-state index in [1.807, 2.05) is 0 Å². The number of carbonyl (C=O) groups is 2. The number of carbonyl (C=O) groups excluding carboxylic acids is 2. The van der Waals surface area contributed by atoms with Gasteiger partial charge in [-0.25, -0.2) is 4.39 Å². The largest absolute Gasteiger partial charge is 0.484 e. The highest BCUT2D eigenvalue weighted by Gasteiger charge is 2.58. The van der Waals surface area contributed by atoms with Gasteiger partial charge in [-0.15, -0.1) is 10.2 Å². The molecule has 5 rings (SSSR count). The van der Waals surface area contributed by atoms with Gasteiger partial charge in [0.05, 0.1) is 5.02 Å². The summed E-state index contributed by atoms with van der Waals surface area (Å²) in [5, 5.41) is 10.9. The summed E-state index contributed by atoms with van der Waals surface area (Å²) in [4.78, 5) is 25.4. The molecule has 1 aromatic heterocycles. The molecule has 3 fully saturated rings. The Bertz CT molecular complexity index is 971. The quantitative estimate of drug-likeness (QED) is 0.710. The Morgan fingerprint density at radius 2 is 2.07 bits per heavy atom. The van der Waals surface area contributed by atoms with Crippen LogP contribution in [0.4, 0.5) is 4.39 Å². The zero-order valence-electron chi connectivity index (χ0n) is 16.4. The molecule has 1 heterocycles. The van der Waals surface area contributed by atoms with Gasteiger partial charge in [0.2, 0.25) is 11.8 Å². The Balaban J connectivity index is 1.38. The number of fused-ring (bicyclic) bond motifs is 3. The molecule has 0 saturated heterocycles. The summed E-state index contributed by atoms with van der Waals surface area (Å²) < 4.78 is 29.5. The van der Waals surface area contributed by atoms with Crippen LogP contribution in [-0.2, 0) is 26.3 Å². The number of benzene rings is 1. The molecule has 1 amide bonds. The van der Waals surface area contributed by atoms with E-state index in [4.69, 9.17) is 25.5 Å². The van der Waals surface area contributed by atoms with Crippen molar-refractivity contribution in [3.8, 4) is 5.75 Å². The molecule has 0 aliphatic heterocycles. The zero-order chi connectivity index (χ0) is 21.4. The fourth-order valence-corrected chi connectivity index (χ4v) is 4.38. The highest BCUT2D eigenvalue weighted by molar-refractivity contribution is 6.30. The zero-order valence-corrected chi connectivity index (χ0v) is 17.1. The maximum Gasteiger partial charge on any atom is 0.258 e. The first kappa shape index (κ1) is 20.7. The molecular weight excluding hydrogens is 417 g/mol. The van der Waals surface area contributed by atoms with Gasteiger partial charge in [0, 0.05) is 25.1 Å². The minimum absolute atomic E-state index is 0.0198. The lowest BCUT2D eigenvalue weighted by atomic mass is 9.56. The van der Waals surface area contributed by atoms with Crippen molar-refractivity contribution in [1.82, 2.24) is 15.5 Å². The van der Waals surface area contributed by atoms with Crippen LogP contribution in [0.5, 0.6) is 5.75 Å². The van der Waals surface area contributed by atoms with Crippen molar-refractivity contribution in [2.24, 2.45) is 0 Å². The maximum atomic E-state index is 13.5. The molecular formula is C20H21ClFN3O5. The summed E-state index contributed by atoms with van der Waals surface area (Å²) in [5.74, 6) is -0.144. The number of ether oxygens (including phenoxy) is 2. The fourth-order valence-electron chi connectivity index (χ4n) is 4.27. The van der Waals surface area contributed by atoms with E-state index < -0.39 is 16.8 Å². The van der Waals surface area contributed by atoms with E-state index in [0.29, 0.717) is 37.5 Å². The van der Waals surface area contributed by atoms with Crippen molar-refractivity contribution in [3.63, 3.8) is 0 Å². The number of amides is 1. The summed E-state index contributed by atoms with van der Waals surface area (Å²) in [6.07, 6.45) is 2.45. The summed E-state index contributed by atoms with van der Waals surface area (Å²) in [6.45, 7) is -0.0963. The molecule has 3 aliphatic rings. The third-order valence-corrected chi connectivity index (χ3v) is 6.21. The van der Waals surface area contributed by atoms with Crippen molar-refractivity contribution >= 4 is 23.3 Å². The predicted octanol–water partition coefficient (Wildman–Crippen LogP) is 2.73. The Kier molecular flexibility index (Phi) is 5.50. The van der Waals surface area contributed by atoms with Crippen LogP contribution in [0.25, 0.3) is 0 Å². The maximum absolute atomic E-state index is 13.5. The number of rotatable bonds is 7. The van der Waals surface area contributed by atoms with Crippen LogP contribution < -0.4 is 10.1 Å². The molecule has 3 saturated carbocycles. The number of hydrogen-bond donors (Lipinski definition) is 1. The van der Waals surface area contributed by atoms with Gasteiger partial charge in [0.25, 0.3) is 5.91 Å². The van der Waals surface area contributed by atoms with E-state index in [0.717, 1.165) is 6.07 Å². The van der Waals surface area contributed by atoms with Crippen LogP contribution in [0.2, 0.25) is 5.02 Å². The van der Waals surface area contributed by atoms with Crippen molar-refractivity contribution in [2.45, 2.75) is 49.7 Å². The number of aromatic nitrogens is 2. The summed E-state index contributed by atoms with van der Waals surface area (Å²) in [7, 11) is 1.53. The predicted molar refractivity (Wildman–Crippen MR) is 103 cm³/mol. The summed E-state index contributed by atoms with van der Waals surface area (Å²) >= 11 is 5.64. The van der Waals surface area contributed by atoms with Crippen molar-refractivity contribution in [2.75, 3.05) is 13.7 Å². The second-order valence-corrected chi connectivity index (χ2v) is 8.22. The van der Waals surface area contributed by atoms with Crippen LogP contribution >= 0.6 is 11.6 Å². The van der Waals surface area contributed by atoms with Crippen molar-refractivity contribution in [3.05, 3.63) is 40.8 Å². The number of nitrogens with zero attached hydrogens (tertiary/aromatic N) is 2. The Morgan fingerprint density at radius 3 is 2.73 bits per heavy atom. The van der Waals surface area contributed by atoms with Crippen LogP contribution in [0.1, 0.15) is 43.9 Å². The third-order valence-electron chi connectivity index (χ3n) is 5.90. The lowest BCUT2D eigenvalue weighted by Crippen LogP contribution is -2.62. The minimum Gasteiger partial charge on any atom is -0.484 e. The topological polar surface area (TPSA) is 104 Å². The SMILES string of the molecule is COCc1nnc(C23CCC(NC(=O)COc4ccc(Cl)c(F)c4)(CC2)CC3=O)o1. The van der Waals surface area contributed by atoms with Crippen LogP contribution in [-0.4, -0.2) is 41.1 Å². The van der Waals surface area contributed by atoms with Gasteiger partial charge in [-0.3, -0.25) is 9.59 Å². The summed E-state index contributed by atoms with van der Waals surface area (Å²) in [6, 6.07) is 3.96. The van der Waals surface area contributed by atoms with E-state index in [1.165, 1.54) is 19.2 Å². The summed E-state index contributed by atoms with van der Waals surface area (Å²) in [5.41, 5.74) is -1.40. The standard InChI is InChI=1S/C20H21ClFN3O5/c1-28-11-17-24-25-18(30-17)20-6-4-19(5-7-20,9-15(20)26)23-16(27)10-29-12-2-3-13(21)14(22)8-12/h2-3,8H,4-7,9-11H2,1H3,(H,23,27). The first-order valence-corrected chi connectivity index (χ1v) is 9.98. The Morgan fingerprint density at radius 1 is 1.30 bits per heavy atom. The number of methoxy groups -OCH3 is 1. The Hall–Kier alpha value is -2.52. The number of ketones is 1. The highest BCUT2D eigenvalue weighted by Crippen LogP contribution is 2.51.